The summed E-state index contributed by atoms with van der Waals surface area (Å²) in [7, 11) is -7.48. The molecule has 0 unspecified atom stereocenters. The monoisotopic (exact) mass is 266 g/mol. The molecule has 0 spiro atoms. The number of hydrogen-bond donors (Lipinski definition) is 2. The Hall–Kier alpha value is -0.900. The number of hydrogen-bond acceptors (Lipinski definition) is 5. The van der Waals surface area contributed by atoms with Crippen molar-refractivity contribution in [3.05, 3.63) is 17.1 Å². The molecular weight excluding hydrogens is 260 g/mol. The Morgan fingerprint density at radius 2 is 2.07 bits per heavy atom. The average Bonchev–Trinajstić information content (AvgIpc) is 2.47. The van der Waals surface area contributed by atoms with Crippen LogP contribution in [0.5, 0.6) is 0 Å². The van der Waals surface area contributed by atoms with E-state index < -0.39 is 20.0 Å². The predicted molar refractivity (Wildman–Crippen MR) is 55.0 cm³/mol. The quantitative estimate of drug-likeness (QED) is 0.725. The molecule has 0 aliphatic carbocycles. The minimum atomic E-state index is -3.85. The molecule has 0 atom stereocenters. The van der Waals surface area contributed by atoms with Crippen molar-refractivity contribution >= 4 is 37.5 Å². The van der Waals surface area contributed by atoms with Crippen molar-refractivity contribution in [2.45, 2.75) is 9.10 Å². The van der Waals surface area contributed by atoms with Crippen LogP contribution in [0, 0.1) is 0 Å². The maximum atomic E-state index is 11.4. The molecular formula is C6H6N2O4S3. The van der Waals surface area contributed by atoms with E-state index in [0.717, 1.165) is 17.4 Å². The molecule has 0 aromatic carbocycles. The molecule has 1 aliphatic heterocycles. The second-order valence-electron chi connectivity index (χ2n) is 2.79. The Morgan fingerprint density at radius 1 is 1.40 bits per heavy atom. The fourth-order valence-corrected chi connectivity index (χ4v) is 4.38. The first kappa shape index (κ1) is 10.6. The maximum Gasteiger partial charge on any atom is 0.262 e. The van der Waals surface area contributed by atoms with Gasteiger partial charge in [0.05, 0.1) is 4.88 Å². The van der Waals surface area contributed by atoms with E-state index in [2.05, 4.69) is 4.72 Å². The van der Waals surface area contributed by atoms with Crippen LogP contribution in [-0.2, 0) is 20.0 Å². The molecule has 0 fully saturated rings. The first-order valence-corrected chi connectivity index (χ1v) is 7.51. The van der Waals surface area contributed by atoms with Gasteiger partial charge in [0.15, 0.2) is 0 Å². The highest BCUT2D eigenvalue weighted by atomic mass is 32.2. The number of sulfonamides is 2. The molecule has 0 saturated heterocycles. The minimum Gasteiger partial charge on any atom is -0.286 e. The second kappa shape index (κ2) is 3.04. The van der Waals surface area contributed by atoms with Gasteiger partial charge < -0.3 is 0 Å². The summed E-state index contributed by atoms with van der Waals surface area (Å²) in [4.78, 5) is 0.303. The molecule has 1 aliphatic rings. The summed E-state index contributed by atoms with van der Waals surface area (Å²) in [5.74, 6) is 0. The van der Waals surface area contributed by atoms with Gasteiger partial charge in [-0.25, -0.2) is 22.0 Å². The van der Waals surface area contributed by atoms with Crippen LogP contribution in [0.15, 0.2) is 21.4 Å². The first-order valence-electron chi connectivity index (χ1n) is 3.66. The van der Waals surface area contributed by atoms with Crippen molar-refractivity contribution in [3.63, 3.8) is 0 Å². The van der Waals surface area contributed by atoms with Crippen molar-refractivity contribution in [1.29, 1.82) is 0 Å². The van der Waals surface area contributed by atoms with Gasteiger partial charge in [-0.15, -0.1) is 11.3 Å². The van der Waals surface area contributed by atoms with E-state index in [4.69, 9.17) is 5.14 Å². The number of rotatable bonds is 1. The third kappa shape index (κ3) is 1.78. The van der Waals surface area contributed by atoms with Gasteiger partial charge in [-0.3, -0.25) is 4.72 Å². The summed E-state index contributed by atoms with van der Waals surface area (Å²) in [5.41, 5.74) is 0. The zero-order valence-corrected chi connectivity index (χ0v) is 9.62. The zero-order valence-electron chi connectivity index (χ0n) is 7.17. The van der Waals surface area contributed by atoms with E-state index in [1.165, 1.54) is 12.3 Å². The summed E-state index contributed by atoms with van der Waals surface area (Å²) in [5, 5.41) is 4.90. The van der Waals surface area contributed by atoms with Crippen molar-refractivity contribution in [2.24, 2.45) is 5.14 Å². The van der Waals surface area contributed by atoms with Gasteiger partial charge >= 0.3 is 0 Å². The molecule has 0 amide bonds. The molecule has 2 rings (SSSR count). The number of primary sulfonamides is 1. The van der Waals surface area contributed by atoms with Crippen molar-refractivity contribution in [1.82, 2.24) is 4.72 Å². The second-order valence-corrected chi connectivity index (χ2v) is 7.35. The number of nitrogens with one attached hydrogen (secondary N) is 1. The molecule has 0 bridgehead atoms. The lowest BCUT2D eigenvalue weighted by Crippen LogP contribution is -2.20. The lowest BCUT2D eigenvalue weighted by atomic mass is 10.4. The highest BCUT2D eigenvalue weighted by Gasteiger charge is 2.25. The fraction of sp³-hybridized carbons (Fsp3) is 0. The zero-order chi connectivity index (χ0) is 11.3. The molecule has 1 aromatic rings. The highest BCUT2D eigenvalue weighted by Crippen LogP contribution is 2.31. The molecule has 3 N–H and O–H groups in total. The lowest BCUT2D eigenvalue weighted by molar-refractivity contribution is 0.590. The van der Waals surface area contributed by atoms with E-state index in [1.807, 2.05) is 0 Å². The Balaban J connectivity index is 2.74. The minimum absolute atomic E-state index is 0.0565. The van der Waals surface area contributed by atoms with Crippen LogP contribution < -0.4 is 9.86 Å². The van der Waals surface area contributed by atoms with Gasteiger partial charge in [0.2, 0.25) is 10.0 Å². The third-order valence-electron chi connectivity index (χ3n) is 1.73. The lowest BCUT2D eigenvalue weighted by Gasteiger charge is -2.06. The van der Waals surface area contributed by atoms with Crippen LogP contribution in [0.1, 0.15) is 4.88 Å². The molecule has 6 nitrogen and oxygen atoms in total. The van der Waals surface area contributed by atoms with Crippen LogP contribution in [0.3, 0.4) is 0 Å². The molecule has 9 heteroatoms. The molecule has 0 radical (unpaired) electrons. The maximum absolute atomic E-state index is 11.4. The summed E-state index contributed by atoms with van der Waals surface area (Å²) >= 11 is 0.826. The largest absolute Gasteiger partial charge is 0.286 e. The summed E-state index contributed by atoms with van der Waals surface area (Å²) in [6.07, 6.45) is 2.72. The molecule has 15 heavy (non-hydrogen) atoms. The summed E-state index contributed by atoms with van der Waals surface area (Å²) < 4.78 is 46.8. The van der Waals surface area contributed by atoms with Crippen molar-refractivity contribution in [3.8, 4) is 0 Å². The van der Waals surface area contributed by atoms with Gasteiger partial charge in [0.1, 0.15) is 9.10 Å². The van der Waals surface area contributed by atoms with Crippen LogP contribution in [0.25, 0.3) is 6.08 Å². The fourth-order valence-electron chi connectivity index (χ4n) is 1.10. The summed E-state index contributed by atoms with van der Waals surface area (Å²) in [6.45, 7) is 0. The van der Waals surface area contributed by atoms with Crippen LogP contribution in [0.2, 0.25) is 0 Å². The van der Waals surface area contributed by atoms with Crippen molar-refractivity contribution in [2.75, 3.05) is 0 Å². The number of fused-ring (bicyclic) bond motifs is 1. The van der Waals surface area contributed by atoms with Gasteiger partial charge in [-0.05, 0) is 12.1 Å². The van der Waals surface area contributed by atoms with Gasteiger partial charge in [-0.1, -0.05) is 0 Å². The Labute approximate surface area is 90.5 Å². The number of nitrogens with two attached hydrogens (primary N) is 1. The van der Waals surface area contributed by atoms with Gasteiger partial charge in [0, 0.05) is 6.20 Å². The SMILES string of the molecule is NS(=O)(=O)c1cc2c(s1)C=CNS2(=O)=O. The Morgan fingerprint density at radius 3 is 2.60 bits per heavy atom. The summed E-state index contributed by atoms with van der Waals surface area (Å²) in [6, 6.07) is 1.06. The van der Waals surface area contributed by atoms with E-state index in [9.17, 15) is 16.8 Å². The molecule has 1 aromatic heterocycles. The molecule has 82 valence electrons. The van der Waals surface area contributed by atoms with Crippen molar-refractivity contribution < 1.29 is 16.8 Å². The predicted octanol–water partition coefficient (Wildman–Crippen LogP) is -0.342. The smallest absolute Gasteiger partial charge is 0.262 e. The average molecular weight is 266 g/mol. The van der Waals surface area contributed by atoms with E-state index in [0.29, 0.717) is 4.88 Å². The van der Waals surface area contributed by atoms with E-state index in [1.54, 1.807) is 0 Å². The van der Waals surface area contributed by atoms with Crippen LogP contribution in [-0.4, -0.2) is 16.8 Å². The number of thiophene rings is 1. The third-order valence-corrected chi connectivity index (χ3v) is 5.74. The van der Waals surface area contributed by atoms with E-state index in [-0.39, 0.29) is 9.10 Å². The standard InChI is InChI=1S/C6H6N2O4S3/c7-14(9,10)6-3-5-4(13-6)1-2-8-15(5,11)12/h1-3,8H,(H2,7,9,10). The topological polar surface area (TPSA) is 106 Å². The molecule has 2 heterocycles. The van der Waals surface area contributed by atoms with Gasteiger partial charge in [-0.2, -0.15) is 0 Å². The van der Waals surface area contributed by atoms with E-state index >= 15 is 0 Å². The van der Waals surface area contributed by atoms with Crippen LogP contribution in [0.4, 0.5) is 0 Å². The highest BCUT2D eigenvalue weighted by molar-refractivity contribution is 7.92. The Kier molecular flexibility index (Phi) is 2.15. The Bertz CT molecular complexity index is 638. The normalized spacial score (nSPS) is 18.2. The van der Waals surface area contributed by atoms with Crippen LogP contribution >= 0.6 is 11.3 Å². The first-order chi connectivity index (χ1) is 6.81. The molecule has 0 saturated carbocycles. The van der Waals surface area contributed by atoms with Gasteiger partial charge in [0.25, 0.3) is 10.0 Å².